The van der Waals surface area contributed by atoms with E-state index in [2.05, 4.69) is 15.9 Å². The number of hydrogen-bond donors (Lipinski definition) is 0. The van der Waals surface area contributed by atoms with Crippen LogP contribution in [-0.4, -0.2) is 29.7 Å². The van der Waals surface area contributed by atoms with Crippen LogP contribution in [0.5, 0.6) is 0 Å². The maximum Gasteiger partial charge on any atom is 0.253 e. The largest absolute Gasteiger partial charge is 0.341 e. The second kappa shape index (κ2) is 5.15. The van der Waals surface area contributed by atoms with Crippen LogP contribution in [0.15, 0.2) is 24.3 Å². The van der Waals surface area contributed by atoms with Crippen molar-refractivity contribution in [3.63, 3.8) is 0 Å². The molecule has 0 aliphatic heterocycles. The number of aryl methyl sites for hydroxylation is 1. The molecule has 1 rings (SSSR count). The predicted molar refractivity (Wildman–Crippen MR) is 61.9 cm³/mol. The van der Waals surface area contributed by atoms with Crippen LogP contribution in [0, 0.1) is 6.92 Å². The van der Waals surface area contributed by atoms with Crippen molar-refractivity contribution in [1.29, 1.82) is 0 Å². The van der Waals surface area contributed by atoms with E-state index >= 15 is 0 Å². The van der Waals surface area contributed by atoms with E-state index in [9.17, 15) is 4.79 Å². The van der Waals surface area contributed by atoms with Gasteiger partial charge in [0.15, 0.2) is 0 Å². The molecule has 0 fully saturated rings. The molecule has 2 nitrogen and oxygen atoms in total. The minimum absolute atomic E-state index is 0.0770. The van der Waals surface area contributed by atoms with Gasteiger partial charge in [-0.2, -0.15) is 0 Å². The fourth-order valence-electron chi connectivity index (χ4n) is 1.23. The fraction of sp³-hybridized carbons (Fsp3) is 0.364. The zero-order valence-electron chi connectivity index (χ0n) is 8.46. The van der Waals surface area contributed by atoms with Crippen molar-refractivity contribution < 1.29 is 4.79 Å². The summed E-state index contributed by atoms with van der Waals surface area (Å²) in [6, 6.07) is 7.65. The van der Waals surface area contributed by atoms with Gasteiger partial charge in [-0.25, -0.2) is 0 Å². The van der Waals surface area contributed by atoms with Gasteiger partial charge in [-0.05, 0) is 19.1 Å². The zero-order chi connectivity index (χ0) is 10.6. The molecular weight excluding hydrogens is 242 g/mol. The minimum Gasteiger partial charge on any atom is -0.341 e. The van der Waals surface area contributed by atoms with Crippen molar-refractivity contribution in [2.24, 2.45) is 0 Å². The van der Waals surface area contributed by atoms with Gasteiger partial charge in [0.1, 0.15) is 0 Å². The second-order valence-electron chi connectivity index (χ2n) is 3.29. The van der Waals surface area contributed by atoms with Crippen LogP contribution in [0.25, 0.3) is 0 Å². The Bertz CT molecular complexity index is 325. The molecule has 0 unspecified atom stereocenters. The normalized spacial score (nSPS) is 9.93. The summed E-state index contributed by atoms with van der Waals surface area (Å²) in [5.41, 5.74) is 1.87. The highest BCUT2D eigenvalue weighted by molar-refractivity contribution is 9.09. The van der Waals surface area contributed by atoms with Crippen molar-refractivity contribution >= 4 is 21.8 Å². The number of amides is 1. The van der Waals surface area contributed by atoms with Crippen LogP contribution in [0.3, 0.4) is 0 Å². The molecule has 0 N–H and O–H groups in total. The molecule has 1 aromatic carbocycles. The van der Waals surface area contributed by atoms with Gasteiger partial charge in [0.2, 0.25) is 0 Å². The lowest BCUT2D eigenvalue weighted by atomic mass is 10.1. The molecule has 3 heteroatoms. The molecule has 0 aliphatic rings. The number of carbonyl (C=O) groups excluding carboxylic acids is 1. The van der Waals surface area contributed by atoms with Crippen LogP contribution in [0.2, 0.25) is 0 Å². The molecule has 14 heavy (non-hydrogen) atoms. The summed E-state index contributed by atoms with van der Waals surface area (Å²) < 4.78 is 0. The molecule has 0 saturated carbocycles. The summed E-state index contributed by atoms with van der Waals surface area (Å²) in [7, 11) is 1.81. The summed E-state index contributed by atoms with van der Waals surface area (Å²) in [5, 5.41) is 0.807. The Morgan fingerprint density at radius 3 is 2.79 bits per heavy atom. The van der Waals surface area contributed by atoms with Crippen LogP contribution in [0.1, 0.15) is 15.9 Å². The highest BCUT2D eigenvalue weighted by atomic mass is 79.9. The first-order valence-electron chi connectivity index (χ1n) is 4.53. The maximum atomic E-state index is 11.8. The Labute approximate surface area is 93.0 Å². The molecule has 0 aliphatic carbocycles. The minimum atomic E-state index is 0.0770. The Hall–Kier alpha value is -0.830. The van der Waals surface area contributed by atoms with Gasteiger partial charge in [0.25, 0.3) is 5.91 Å². The number of benzene rings is 1. The van der Waals surface area contributed by atoms with Crippen LogP contribution in [-0.2, 0) is 0 Å². The Morgan fingerprint density at radius 2 is 2.21 bits per heavy atom. The Morgan fingerprint density at radius 1 is 1.50 bits per heavy atom. The summed E-state index contributed by atoms with van der Waals surface area (Å²) in [5.74, 6) is 0.0770. The summed E-state index contributed by atoms with van der Waals surface area (Å²) in [6.07, 6.45) is 0. The van der Waals surface area contributed by atoms with Crippen molar-refractivity contribution in [2.75, 3.05) is 18.9 Å². The van der Waals surface area contributed by atoms with E-state index in [1.54, 1.807) is 4.90 Å². The molecule has 1 aromatic rings. The Kier molecular flexibility index (Phi) is 4.14. The molecule has 0 aromatic heterocycles. The maximum absolute atomic E-state index is 11.8. The molecule has 0 radical (unpaired) electrons. The van der Waals surface area contributed by atoms with E-state index in [1.165, 1.54) is 0 Å². The van der Waals surface area contributed by atoms with Crippen molar-refractivity contribution in [1.82, 2.24) is 4.90 Å². The molecule has 0 atom stereocenters. The van der Waals surface area contributed by atoms with Crippen molar-refractivity contribution in [3.8, 4) is 0 Å². The first kappa shape index (κ1) is 11.2. The predicted octanol–water partition coefficient (Wildman–Crippen LogP) is 2.46. The van der Waals surface area contributed by atoms with Gasteiger partial charge >= 0.3 is 0 Å². The Balaban J connectivity index is 2.78. The SMILES string of the molecule is Cc1cccc(C(=O)N(C)CCBr)c1. The van der Waals surface area contributed by atoms with E-state index in [4.69, 9.17) is 0 Å². The van der Waals surface area contributed by atoms with Crippen molar-refractivity contribution in [3.05, 3.63) is 35.4 Å². The molecule has 76 valence electrons. The lowest BCUT2D eigenvalue weighted by molar-refractivity contribution is 0.0804. The van der Waals surface area contributed by atoms with E-state index in [0.29, 0.717) is 0 Å². The van der Waals surface area contributed by atoms with Gasteiger partial charge in [0, 0.05) is 24.5 Å². The van der Waals surface area contributed by atoms with Gasteiger partial charge in [-0.1, -0.05) is 33.6 Å². The lowest BCUT2D eigenvalue weighted by Crippen LogP contribution is -2.28. The number of nitrogens with zero attached hydrogens (tertiary/aromatic N) is 1. The smallest absolute Gasteiger partial charge is 0.253 e. The summed E-state index contributed by atoms with van der Waals surface area (Å²) in [6.45, 7) is 2.72. The molecular formula is C11H14BrNO. The first-order valence-corrected chi connectivity index (χ1v) is 5.65. The zero-order valence-corrected chi connectivity index (χ0v) is 10.0. The average Bonchev–Trinajstić information content (AvgIpc) is 2.17. The number of halogens is 1. The fourth-order valence-corrected chi connectivity index (χ4v) is 1.76. The highest BCUT2D eigenvalue weighted by Gasteiger charge is 2.09. The molecule has 0 spiro atoms. The first-order chi connectivity index (χ1) is 6.65. The number of alkyl halides is 1. The molecule has 0 saturated heterocycles. The number of rotatable bonds is 3. The molecule has 0 heterocycles. The van der Waals surface area contributed by atoms with Crippen LogP contribution in [0.4, 0.5) is 0 Å². The van der Waals surface area contributed by atoms with Gasteiger partial charge < -0.3 is 4.90 Å². The average molecular weight is 256 g/mol. The third-order valence-corrected chi connectivity index (χ3v) is 2.39. The van der Waals surface area contributed by atoms with E-state index in [-0.39, 0.29) is 5.91 Å². The van der Waals surface area contributed by atoms with Gasteiger partial charge in [0.05, 0.1) is 0 Å². The standard InChI is InChI=1S/C11H14BrNO/c1-9-4-3-5-10(8-9)11(14)13(2)7-6-12/h3-5,8H,6-7H2,1-2H3. The van der Waals surface area contributed by atoms with Crippen LogP contribution < -0.4 is 0 Å². The molecule has 0 bridgehead atoms. The third-order valence-electron chi connectivity index (χ3n) is 2.03. The third kappa shape index (κ3) is 2.84. The lowest BCUT2D eigenvalue weighted by Gasteiger charge is -2.15. The second-order valence-corrected chi connectivity index (χ2v) is 4.08. The molecule has 1 amide bonds. The van der Waals surface area contributed by atoms with Crippen LogP contribution >= 0.6 is 15.9 Å². The monoisotopic (exact) mass is 255 g/mol. The van der Waals surface area contributed by atoms with Gasteiger partial charge in [-0.3, -0.25) is 4.79 Å². The van der Waals surface area contributed by atoms with Crippen molar-refractivity contribution in [2.45, 2.75) is 6.92 Å². The topological polar surface area (TPSA) is 20.3 Å². The highest BCUT2D eigenvalue weighted by Crippen LogP contribution is 2.06. The van der Waals surface area contributed by atoms with E-state index < -0.39 is 0 Å². The van der Waals surface area contributed by atoms with E-state index in [0.717, 1.165) is 23.0 Å². The van der Waals surface area contributed by atoms with Gasteiger partial charge in [-0.15, -0.1) is 0 Å². The number of hydrogen-bond acceptors (Lipinski definition) is 1. The summed E-state index contributed by atoms with van der Waals surface area (Å²) in [4.78, 5) is 13.5. The van der Waals surface area contributed by atoms with E-state index in [1.807, 2.05) is 38.2 Å². The quantitative estimate of drug-likeness (QED) is 0.761. The number of carbonyl (C=O) groups is 1. The summed E-state index contributed by atoms with van der Waals surface area (Å²) >= 11 is 3.31.